The summed E-state index contributed by atoms with van der Waals surface area (Å²) >= 11 is 0. The molecule has 1 aromatic carbocycles. The van der Waals surface area contributed by atoms with Crippen LogP contribution in [0.5, 0.6) is 0 Å². The fourth-order valence-electron chi connectivity index (χ4n) is 1.86. The Labute approximate surface area is 110 Å². The first kappa shape index (κ1) is 14.6. The van der Waals surface area contributed by atoms with E-state index in [1.54, 1.807) is 0 Å². The Balaban J connectivity index is 2.78. The molecule has 0 radical (unpaired) electrons. The number of nitrogens with zero attached hydrogens (tertiary/aromatic N) is 1. The highest BCUT2D eigenvalue weighted by Crippen LogP contribution is 2.19. The van der Waals surface area contributed by atoms with Crippen LogP contribution in [0.25, 0.3) is 0 Å². The number of carbonyl (C=O) groups excluding carboxylic acids is 1. The lowest BCUT2D eigenvalue weighted by Gasteiger charge is -2.23. The summed E-state index contributed by atoms with van der Waals surface area (Å²) in [7, 11) is 0. The molecule has 3 heteroatoms. The van der Waals surface area contributed by atoms with Crippen LogP contribution in [0.4, 0.5) is 11.4 Å². The van der Waals surface area contributed by atoms with Gasteiger partial charge in [0.1, 0.15) is 0 Å². The lowest BCUT2D eigenvalue weighted by molar-refractivity contribution is -0.118. The molecule has 0 fully saturated rings. The van der Waals surface area contributed by atoms with Crippen molar-refractivity contribution >= 4 is 17.3 Å². The van der Waals surface area contributed by atoms with Gasteiger partial charge in [-0.15, -0.1) is 0 Å². The fraction of sp³-hybridized carbons (Fsp3) is 0.533. The van der Waals surface area contributed by atoms with Crippen LogP contribution in [0.15, 0.2) is 24.3 Å². The van der Waals surface area contributed by atoms with E-state index in [-0.39, 0.29) is 5.91 Å². The number of hydrogen-bond donors (Lipinski definition) is 1. The van der Waals surface area contributed by atoms with Crippen LogP contribution in [0.1, 0.15) is 40.0 Å². The van der Waals surface area contributed by atoms with Crippen molar-refractivity contribution < 1.29 is 4.79 Å². The van der Waals surface area contributed by atoms with Crippen molar-refractivity contribution in [2.75, 3.05) is 17.2 Å². The van der Waals surface area contributed by atoms with Crippen molar-refractivity contribution in [1.29, 1.82) is 0 Å². The average Bonchev–Trinajstić information content (AvgIpc) is 2.33. The van der Waals surface area contributed by atoms with Gasteiger partial charge in [-0.05, 0) is 37.0 Å². The second kappa shape index (κ2) is 7.04. The van der Waals surface area contributed by atoms with Gasteiger partial charge >= 0.3 is 0 Å². The third kappa shape index (κ3) is 4.40. The molecule has 0 saturated carbocycles. The number of carbonyl (C=O) groups is 1. The summed E-state index contributed by atoms with van der Waals surface area (Å²) < 4.78 is 0. The van der Waals surface area contributed by atoms with Crippen molar-refractivity contribution in [1.82, 2.24) is 0 Å². The molecule has 1 rings (SSSR count). The van der Waals surface area contributed by atoms with Crippen LogP contribution >= 0.6 is 0 Å². The van der Waals surface area contributed by atoms with E-state index in [0.717, 1.165) is 25.1 Å². The van der Waals surface area contributed by atoms with E-state index in [0.29, 0.717) is 18.0 Å². The molecule has 0 saturated heterocycles. The number of nitrogens with two attached hydrogens (primary N) is 1. The molecule has 0 heterocycles. The molecule has 1 amide bonds. The van der Waals surface area contributed by atoms with E-state index in [1.165, 1.54) is 0 Å². The lowest BCUT2D eigenvalue weighted by Crippen LogP contribution is -2.31. The molecule has 0 aliphatic carbocycles. The number of nitrogen functional groups attached to an aromatic ring is 1. The molecule has 1 aromatic rings. The standard InChI is InChI=1S/C15H24N2O/c1-4-10-17(15(18)9-8-12(2)3)14-7-5-6-13(16)11-14/h5-7,11-12H,4,8-10,16H2,1-3H3. The van der Waals surface area contributed by atoms with Gasteiger partial charge in [-0.25, -0.2) is 0 Å². The first-order valence-electron chi connectivity index (χ1n) is 6.70. The second-order valence-electron chi connectivity index (χ2n) is 5.07. The average molecular weight is 248 g/mol. The van der Waals surface area contributed by atoms with E-state index >= 15 is 0 Å². The molecule has 0 atom stereocenters. The number of anilines is 2. The summed E-state index contributed by atoms with van der Waals surface area (Å²) in [5.74, 6) is 0.745. The highest BCUT2D eigenvalue weighted by molar-refractivity contribution is 5.93. The van der Waals surface area contributed by atoms with Crippen LogP contribution in [0.2, 0.25) is 0 Å². The van der Waals surface area contributed by atoms with Crippen molar-refractivity contribution in [2.45, 2.75) is 40.0 Å². The maximum Gasteiger partial charge on any atom is 0.226 e. The van der Waals surface area contributed by atoms with E-state index < -0.39 is 0 Å². The summed E-state index contributed by atoms with van der Waals surface area (Å²) in [6.07, 6.45) is 2.48. The molecule has 0 bridgehead atoms. The molecule has 18 heavy (non-hydrogen) atoms. The third-order valence-corrected chi connectivity index (χ3v) is 2.87. The third-order valence-electron chi connectivity index (χ3n) is 2.87. The molecule has 100 valence electrons. The summed E-state index contributed by atoms with van der Waals surface area (Å²) in [5.41, 5.74) is 7.38. The van der Waals surface area contributed by atoms with Gasteiger partial charge in [-0.2, -0.15) is 0 Å². The minimum absolute atomic E-state index is 0.191. The summed E-state index contributed by atoms with van der Waals surface area (Å²) in [4.78, 5) is 14.1. The Morgan fingerprint density at radius 3 is 2.67 bits per heavy atom. The number of benzene rings is 1. The van der Waals surface area contributed by atoms with Crippen molar-refractivity contribution in [3.8, 4) is 0 Å². The molecule has 0 aliphatic heterocycles. The molecule has 0 aromatic heterocycles. The Bertz CT molecular complexity index is 388. The monoisotopic (exact) mass is 248 g/mol. The number of amides is 1. The number of rotatable bonds is 6. The van der Waals surface area contributed by atoms with Gasteiger partial charge in [0.05, 0.1) is 0 Å². The first-order valence-corrected chi connectivity index (χ1v) is 6.70. The van der Waals surface area contributed by atoms with Gasteiger partial charge in [0.25, 0.3) is 0 Å². The lowest BCUT2D eigenvalue weighted by atomic mass is 10.1. The van der Waals surface area contributed by atoms with Crippen molar-refractivity contribution in [3.05, 3.63) is 24.3 Å². The molecular weight excluding hydrogens is 224 g/mol. The van der Waals surface area contributed by atoms with Gasteiger partial charge in [0.2, 0.25) is 5.91 Å². The largest absolute Gasteiger partial charge is 0.399 e. The van der Waals surface area contributed by atoms with E-state index in [2.05, 4.69) is 20.8 Å². The minimum Gasteiger partial charge on any atom is -0.399 e. The predicted molar refractivity (Wildman–Crippen MR) is 77.6 cm³/mol. The fourth-order valence-corrected chi connectivity index (χ4v) is 1.86. The molecule has 0 unspecified atom stereocenters. The summed E-state index contributed by atoms with van der Waals surface area (Å²) in [6.45, 7) is 7.10. The maximum absolute atomic E-state index is 12.2. The Morgan fingerprint density at radius 1 is 1.39 bits per heavy atom. The molecular formula is C15H24N2O. The normalized spacial score (nSPS) is 10.7. The van der Waals surface area contributed by atoms with Crippen LogP contribution < -0.4 is 10.6 Å². The highest BCUT2D eigenvalue weighted by Gasteiger charge is 2.15. The maximum atomic E-state index is 12.2. The van der Waals surface area contributed by atoms with Crippen molar-refractivity contribution in [3.63, 3.8) is 0 Å². The van der Waals surface area contributed by atoms with Crippen LogP contribution in [-0.2, 0) is 4.79 Å². The minimum atomic E-state index is 0.191. The topological polar surface area (TPSA) is 46.3 Å². The summed E-state index contributed by atoms with van der Waals surface area (Å²) in [5, 5.41) is 0. The van der Waals surface area contributed by atoms with Gasteiger partial charge < -0.3 is 10.6 Å². The van der Waals surface area contributed by atoms with Crippen LogP contribution in [0, 0.1) is 5.92 Å². The number of hydrogen-bond acceptors (Lipinski definition) is 2. The molecule has 0 spiro atoms. The van der Waals surface area contributed by atoms with E-state index in [9.17, 15) is 4.79 Å². The van der Waals surface area contributed by atoms with Gasteiger partial charge in [0.15, 0.2) is 0 Å². The van der Waals surface area contributed by atoms with Crippen LogP contribution in [-0.4, -0.2) is 12.5 Å². The van der Waals surface area contributed by atoms with E-state index in [1.807, 2.05) is 29.2 Å². The Hall–Kier alpha value is -1.51. The van der Waals surface area contributed by atoms with Gasteiger partial charge in [0, 0.05) is 24.3 Å². The van der Waals surface area contributed by atoms with Gasteiger partial charge in [-0.3, -0.25) is 4.79 Å². The molecule has 2 N–H and O–H groups in total. The quantitative estimate of drug-likeness (QED) is 0.784. The second-order valence-corrected chi connectivity index (χ2v) is 5.07. The smallest absolute Gasteiger partial charge is 0.226 e. The predicted octanol–water partition coefficient (Wildman–Crippen LogP) is 3.45. The Kier molecular flexibility index (Phi) is 5.69. The SMILES string of the molecule is CCCN(C(=O)CCC(C)C)c1cccc(N)c1. The Morgan fingerprint density at radius 2 is 2.11 bits per heavy atom. The van der Waals surface area contributed by atoms with E-state index in [4.69, 9.17) is 5.73 Å². The zero-order chi connectivity index (χ0) is 13.5. The molecule has 3 nitrogen and oxygen atoms in total. The highest BCUT2D eigenvalue weighted by atomic mass is 16.2. The van der Waals surface area contributed by atoms with Crippen molar-refractivity contribution in [2.24, 2.45) is 5.92 Å². The molecule has 0 aliphatic rings. The summed E-state index contributed by atoms with van der Waals surface area (Å²) in [6, 6.07) is 7.54. The zero-order valence-electron chi connectivity index (χ0n) is 11.6. The van der Waals surface area contributed by atoms with Gasteiger partial charge in [-0.1, -0.05) is 26.8 Å². The van der Waals surface area contributed by atoms with Crippen LogP contribution in [0.3, 0.4) is 0 Å². The zero-order valence-corrected chi connectivity index (χ0v) is 11.6. The first-order chi connectivity index (χ1) is 8.54.